The van der Waals surface area contributed by atoms with E-state index in [0.717, 1.165) is 17.9 Å². The molecule has 0 spiro atoms. The lowest BCUT2D eigenvalue weighted by atomic mass is 10.2. The molecule has 0 radical (unpaired) electrons. The van der Waals surface area contributed by atoms with Crippen LogP contribution in [0.3, 0.4) is 0 Å². The summed E-state index contributed by atoms with van der Waals surface area (Å²) in [6.07, 6.45) is 1.70. The van der Waals surface area contributed by atoms with Crippen LogP contribution in [0.4, 0.5) is 5.69 Å². The zero-order valence-corrected chi connectivity index (χ0v) is 9.34. The van der Waals surface area contributed by atoms with Gasteiger partial charge < -0.3 is 15.0 Å². The maximum atomic E-state index is 5.85. The van der Waals surface area contributed by atoms with Crippen molar-refractivity contribution in [2.24, 2.45) is 0 Å². The molecule has 16 heavy (non-hydrogen) atoms. The number of hydrogen-bond acceptors (Lipinski definition) is 4. The van der Waals surface area contributed by atoms with Gasteiger partial charge in [-0.25, -0.2) is 0 Å². The Hall–Kier alpha value is -2.04. The van der Waals surface area contributed by atoms with Crippen molar-refractivity contribution < 1.29 is 4.74 Å². The molecule has 1 heterocycles. The van der Waals surface area contributed by atoms with E-state index in [-0.39, 0.29) is 0 Å². The summed E-state index contributed by atoms with van der Waals surface area (Å²) in [5, 5.41) is 7.95. The van der Waals surface area contributed by atoms with Gasteiger partial charge >= 0.3 is 0 Å². The summed E-state index contributed by atoms with van der Waals surface area (Å²) in [7, 11) is 1.60. The van der Waals surface area contributed by atoms with E-state index in [4.69, 9.17) is 10.5 Å². The van der Waals surface area contributed by atoms with Gasteiger partial charge in [0, 0.05) is 12.1 Å². The average Bonchev–Trinajstić information content (AvgIpc) is 2.77. The van der Waals surface area contributed by atoms with Crippen LogP contribution in [-0.2, 0) is 6.54 Å². The van der Waals surface area contributed by atoms with E-state index < -0.39 is 0 Å². The first-order valence-corrected chi connectivity index (χ1v) is 5.08. The third-order valence-corrected chi connectivity index (χ3v) is 2.44. The Labute approximate surface area is 93.9 Å². The SMILES string of the molecule is CCn1cnnc1-c1ccc(OC)c(N)c1. The Balaban J connectivity index is 2.45. The molecule has 0 bridgehead atoms. The van der Waals surface area contributed by atoms with Gasteiger partial charge in [0.05, 0.1) is 12.8 Å². The van der Waals surface area contributed by atoms with Gasteiger partial charge in [-0.15, -0.1) is 10.2 Å². The molecule has 0 aliphatic rings. The zero-order chi connectivity index (χ0) is 11.5. The molecule has 1 aromatic carbocycles. The van der Waals surface area contributed by atoms with Crippen LogP contribution >= 0.6 is 0 Å². The highest BCUT2D eigenvalue weighted by Gasteiger charge is 2.08. The number of nitrogens with two attached hydrogens (primary N) is 1. The van der Waals surface area contributed by atoms with Gasteiger partial charge in [0.25, 0.3) is 0 Å². The molecule has 5 heteroatoms. The predicted molar refractivity (Wildman–Crippen MR) is 62.1 cm³/mol. The van der Waals surface area contributed by atoms with E-state index in [1.54, 1.807) is 13.4 Å². The van der Waals surface area contributed by atoms with Crippen molar-refractivity contribution in [2.45, 2.75) is 13.5 Å². The first-order valence-electron chi connectivity index (χ1n) is 5.08. The van der Waals surface area contributed by atoms with Crippen LogP contribution in [0, 0.1) is 0 Å². The number of aryl methyl sites for hydroxylation is 1. The lowest BCUT2D eigenvalue weighted by Crippen LogP contribution is -1.98. The van der Waals surface area contributed by atoms with Gasteiger partial charge in [-0.05, 0) is 25.1 Å². The normalized spacial score (nSPS) is 10.4. The monoisotopic (exact) mass is 218 g/mol. The molecule has 2 aromatic rings. The average molecular weight is 218 g/mol. The molecule has 84 valence electrons. The van der Waals surface area contributed by atoms with E-state index in [0.29, 0.717) is 11.4 Å². The molecule has 2 N–H and O–H groups in total. The Morgan fingerprint density at radius 3 is 2.88 bits per heavy atom. The molecule has 0 saturated carbocycles. The van der Waals surface area contributed by atoms with Crippen LogP contribution in [0.1, 0.15) is 6.92 Å². The number of nitrogens with zero attached hydrogens (tertiary/aromatic N) is 3. The van der Waals surface area contributed by atoms with Crippen LogP contribution in [0.25, 0.3) is 11.4 Å². The fraction of sp³-hybridized carbons (Fsp3) is 0.273. The minimum Gasteiger partial charge on any atom is -0.495 e. The van der Waals surface area contributed by atoms with Gasteiger partial charge in [-0.1, -0.05) is 0 Å². The van der Waals surface area contributed by atoms with E-state index in [1.807, 2.05) is 29.7 Å². The molecule has 0 aliphatic carbocycles. The minimum atomic E-state index is 0.602. The number of benzene rings is 1. The Morgan fingerprint density at radius 2 is 2.25 bits per heavy atom. The van der Waals surface area contributed by atoms with Gasteiger partial charge in [-0.2, -0.15) is 0 Å². The maximum Gasteiger partial charge on any atom is 0.163 e. The number of rotatable bonds is 3. The van der Waals surface area contributed by atoms with Crippen LogP contribution in [0.2, 0.25) is 0 Å². The first kappa shape index (κ1) is 10.5. The van der Waals surface area contributed by atoms with Gasteiger partial charge in [-0.3, -0.25) is 0 Å². The summed E-state index contributed by atoms with van der Waals surface area (Å²) in [4.78, 5) is 0. The Kier molecular flexibility index (Phi) is 2.76. The van der Waals surface area contributed by atoms with Crippen LogP contribution < -0.4 is 10.5 Å². The lowest BCUT2D eigenvalue weighted by molar-refractivity contribution is 0.417. The summed E-state index contributed by atoms with van der Waals surface area (Å²) in [5.74, 6) is 1.49. The Bertz CT molecular complexity index is 492. The van der Waals surface area contributed by atoms with Gasteiger partial charge in [0.2, 0.25) is 0 Å². The second-order valence-electron chi connectivity index (χ2n) is 3.40. The van der Waals surface area contributed by atoms with Crippen LogP contribution in [-0.4, -0.2) is 21.9 Å². The fourth-order valence-corrected chi connectivity index (χ4v) is 1.58. The standard InChI is InChI=1S/C11H14N4O/c1-3-15-7-13-14-11(15)8-4-5-10(16-2)9(12)6-8/h4-7H,3,12H2,1-2H3. The minimum absolute atomic E-state index is 0.602. The van der Waals surface area contributed by atoms with Crippen molar-refractivity contribution in [3.8, 4) is 17.1 Å². The molecule has 0 saturated heterocycles. The molecular formula is C11H14N4O. The molecule has 0 fully saturated rings. The van der Waals surface area contributed by atoms with Gasteiger partial charge in [0.1, 0.15) is 12.1 Å². The number of hydrogen-bond donors (Lipinski definition) is 1. The molecule has 0 amide bonds. The second kappa shape index (κ2) is 4.22. The highest BCUT2D eigenvalue weighted by atomic mass is 16.5. The molecule has 2 rings (SSSR count). The molecule has 0 unspecified atom stereocenters. The highest BCUT2D eigenvalue weighted by molar-refractivity contribution is 5.66. The van der Waals surface area contributed by atoms with E-state index in [1.165, 1.54) is 0 Å². The summed E-state index contributed by atoms with van der Waals surface area (Å²) < 4.78 is 7.07. The molecule has 1 aromatic heterocycles. The third-order valence-electron chi connectivity index (χ3n) is 2.44. The largest absolute Gasteiger partial charge is 0.495 e. The number of methoxy groups -OCH3 is 1. The third kappa shape index (κ3) is 1.71. The second-order valence-corrected chi connectivity index (χ2v) is 3.40. The molecule has 5 nitrogen and oxygen atoms in total. The number of ether oxygens (including phenoxy) is 1. The van der Waals surface area contributed by atoms with E-state index in [9.17, 15) is 0 Å². The maximum absolute atomic E-state index is 5.85. The first-order chi connectivity index (χ1) is 7.76. The lowest BCUT2D eigenvalue weighted by Gasteiger charge is -2.07. The fourth-order valence-electron chi connectivity index (χ4n) is 1.58. The number of nitrogen functional groups attached to an aromatic ring is 1. The van der Waals surface area contributed by atoms with Crippen molar-refractivity contribution in [2.75, 3.05) is 12.8 Å². The predicted octanol–water partition coefficient (Wildman–Crippen LogP) is 1.56. The summed E-state index contributed by atoms with van der Waals surface area (Å²) in [6.45, 7) is 2.87. The van der Waals surface area contributed by atoms with E-state index >= 15 is 0 Å². The van der Waals surface area contributed by atoms with Crippen molar-refractivity contribution in [1.29, 1.82) is 0 Å². The highest BCUT2D eigenvalue weighted by Crippen LogP contribution is 2.26. The topological polar surface area (TPSA) is 66.0 Å². The quantitative estimate of drug-likeness (QED) is 0.794. The van der Waals surface area contributed by atoms with Crippen molar-refractivity contribution in [3.63, 3.8) is 0 Å². The molecule has 0 aliphatic heterocycles. The van der Waals surface area contributed by atoms with Crippen molar-refractivity contribution >= 4 is 5.69 Å². The number of anilines is 1. The van der Waals surface area contributed by atoms with Crippen molar-refractivity contribution in [3.05, 3.63) is 24.5 Å². The van der Waals surface area contributed by atoms with Crippen molar-refractivity contribution in [1.82, 2.24) is 14.8 Å². The van der Waals surface area contributed by atoms with Crippen LogP contribution in [0.15, 0.2) is 24.5 Å². The summed E-state index contributed by atoms with van der Waals surface area (Å²) >= 11 is 0. The smallest absolute Gasteiger partial charge is 0.163 e. The van der Waals surface area contributed by atoms with Crippen LogP contribution in [0.5, 0.6) is 5.75 Å². The zero-order valence-electron chi connectivity index (χ0n) is 9.34. The number of aromatic nitrogens is 3. The summed E-state index contributed by atoms with van der Waals surface area (Å²) in [6, 6.07) is 5.60. The van der Waals surface area contributed by atoms with E-state index in [2.05, 4.69) is 10.2 Å². The summed E-state index contributed by atoms with van der Waals surface area (Å²) in [5.41, 5.74) is 7.39. The molecule has 0 atom stereocenters. The molecular weight excluding hydrogens is 204 g/mol. The van der Waals surface area contributed by atoms with Gasteiger partial charge in [0.15, 0.2) is 5.82 Å². The Morgan fingerprint density at radius 1 is 1.44 bits per heavy atom.